The van der Waals surface area contributed by atoms with E-state index in [1.165, 1.54) is 4.90 Å². The minimum Gasteiger partial charge on any atom is -0.372 e. The summed E-state index contributed by atoms with van der Waals surface area (Å²) in [6, 6.07) is 9.29. The van der Waals surface area contributed by atoms with Crippen LogP contribution in [0.15, 0.2) is 30.3 Å². The Hall–Kier alpha value is -2.27. The molecule has 0 spiro atoms. The van der Waals surface area contributed by atoms with E-state index in [9.17, 15) is 4.79 Å². The average molecular weight is 269 g/mol. The lowest BCUT2D eigenvalue weighted by molar-refractivity contribution is 0.0992. The van der Waals surface area contributed by atoms with Crippen molar-refractivity contribution in [2.75, 3.05) is 11.9 Å². The van der Waals surface area contributed by atoms with Crippen molar-refractivity contribution in [3.05, 3.63) is 52.7 Å². The summed E-state index contributed by atoms with van der Waals surface area (Å²) in [5.74, 6) is 0.440. The molecule has 0 fully saturated rings. The number of nitrogens with zero attached hydrogens (tertiary/aromatic N) is 3. The molecular formula is C15H15N3O2. The summed E-state index contributed by atoms with van der Waals surface area (Å²) in [6.45, 7) is 3.06. The molecule has 1 aliphatic heterocycles. The Morgan fingerprint density at radius 2 is 1.95 bits per heavy atom. The van der Waals surface area contributed by atoms with E-state index in [2.05, 4.69) is 10.2 Å². The van der Waals surface area contributed by atoms with Crippen molar-refractivity contribution >= 4 is 11.7 Å². The number of aromatic nitrogens is 2. The van der Waals surface area contributed by atoms with Crippen LogP contribution >= 0.6 is 0 Å². The van der Waals surface area contributed by atoms with Gasteiger partial charge in [0.15, 0.2) is 5.82 Å². The molecule has 2 heterocycles. The third kappa shape index (κ3) is 2.28. The van der Waals surface area contributed by atoms with E-state index in [0.29, 0.717) is 24.6 Å². The fourth-order valence-corrected chi connectivity index (χ4v) is 2.17. The molecule has 2 aromatic rings. The fraction of sp³-hybridized carbons (Fsp3) is 0.267. The monoisotopic (exact) mass is 269 g/mol. The maximum atomic E-state index is 12.4. The van der Waals surface area contributed by atoms with E-state index in [1.807, 2.05) is 31.2 Å². The highest BCUT2D eigenvalue weighted by molar-refractivity contribution is 6.05. The summed E-state index contributed by atoms with van der Waals surface area (Å²) in [7, 11) is 1.70. The number of fused-ring (bicyclic) bond motifs is 1. The topological polar surface area (TPSA) is 55.3 Å². The molecule has 1 aromatic heterocycles. The maximum Gasteiger partial charge on any atom is 0.259 e. The highest BCUT2D eigenvalue weighted by atomic mass is 16.5. The van der Waals surface area contributed by atoms with E-state index < -0.39 is 0 Å². The van der Waals surface area contributed by atoms with E-state index in [0.717, 1.165) is 16.8 Å². The molecule has 5 nitrogen and oxygen atoms in total. The Morgan fingerprint density at radius 3 is 2.70 bits per heavy atom. The quantitative estimate of drug-likeness (QED) is 0.837. The number of ether oxygens (including phenoxy) is 1. The molecule has 0 saturated heterocycles. The lowest BCUT2D eigenvalue weighted by atomic mass is 10.1. The van der Waals surface area contributed by atoms with E-state index >= 15 is 0 Å². The average Bonchev–Trinajstić information content (AvgIpc) is 2.94. The molecule has 0 bridgehead atoms. The van der Waals surface area contributed by atoms with Crippen LogP contribution in [0.4, 0.5) is 5.82 Å². The summed E-state index contributed by atoms with van der Waals surface area (Å²) in [6.07, 6.45) is 0. The number of carbonyl (C=O) groups is 1. The molecule has 3 rings (SSSR count). The van der Waals surface area contributed by atoms with Crippen molar-refractivity contribution in [3.63, 3.8) is 0 Å². The van der Waals surface area contributed by atoms with Crippen molar-refractivity contribution < 1.29 is 9.53 Å². The molecule has 0 aliphatic carbocycles. The van der Waals surface area contributed by atoms with Gasteiger partial charge >= 0.3 is 0 Å². The Kier molecular flexibility index (Phi) is 3.20. The molecule has 1 aliphatic rings. The van der Waals surface area contributed by atoms with Crippen molar-refractivity contribution in [2.24, 2.45) is 0 Å². The molecule has 0 unspecified atom stereocenters. The number of rotatable bonds is 2. The van der Waals surface area contributed by atoms with Crippen LogP contribution < -0.4 is 4.90 Å². The minimum absolute atomic E-state index is 0.0992. The normalized spacial score (nSPS) is 13.1. The molecule has 5 heteroatoms. The van der Waals surface area contributed by atoms with Crippen LogP contribution in [0, 0.1) is 6.92 Å². The summed E-state index contributed by atoms with van der Waals surface area (Å²) < 4.78 is 5.36. The zero-order chi connectivity index (χ0) is 14.1. The van der Waals surface area contributed by atoms with Crippen molar-refractivity contribution in [2.45, 2.75) is 20.1 Å². The molecule has 0 atom stereocenters. The first-order chi connectivity index (χ1) is 9.65. The van der Waals surface area contributed by atoms with Crippen LogP contribution in [0.3, 0.4) is 0 Å². The number of aryl methyl sites for hydroxylation is 1. The molecule has 1 amide bonds. The Bertz CT molecular complexity index is 653. The predicted octanol–water partition coefficient (Wildman–Crippen LogP) is 2.09. The third-order valence-corrected chi connectivity index (χ3v) is 3.40. The summed E-state index contributed by atoms with van der Waals surface area (Å²) in [5.41, 5.74) is 3.70. The molecule has 102 valence electrons. The summed E-state index contributed by atoms with van der Waals surface area (Å²) in [4.78, 5) is 14.0. The van der Waals surface area contributed by atoms with Gasteiger partial charge in [0, 0.05) is 12.6 Å². The zero-order valence-electron chi connectivity index (χ0n) is 11.5. The van der Waals surface area contributed by atoms with Crippen LogP contribution in [-0.4, -0.2) is 23.2 Å². The second-order valence-electron chi connectivity index (χ2n) is 4.87. The van der Waals surface area contributed by atoms with Crippen molar-refractivity contribution in [1.82, 2.24) is 10.2 Å². The number of carbonyl (C=O) groups excluding carboxylic acids is 1. The number of amides is 1. The molecule has 0 radical (unpaired) electrons. The first kappa shape index (κ1) is 12.7. The first-order valence-corrected chi connectivity index (χ1v) is 6.43. The van der Waals surface area contributed by atoms with Gasteiger partial charge in [0.05, 0.1) is 18.9 Å². The van der Waals surface area contributed by atoms with Crippen LogP contribution in [-0.2, 0) is 18.0 Å². The molecular weight excluding hydrogens is 254 g/mol. The van der Waals surface area contributed by atoms with Gasteiger partial charge in [0.2, 0.25) is 0 Å². The maximum absolute atomic E-state index is 12.4. The molecule has 1 aromatic carbocycles. The highest BCUT2D eigenvalue weighted by Crippen LogP contribution is 2.22. The van der Waals surface area contributed by atoms with Gasteiger partial charge in [-0.1, -0.05) is 6.07 Å². The van der Waals surface area contributed by atoms with Gasteiger partial charge in [-0.25, -0.2) is 0 Å². The van der Waals surface area contributed by atoms with Gasteiger partial charge in [-0.2, -0.15) is 5.10 Å². The van der Waals surface area contributed by atoms with E-state index in [1.54, 1.807) is 13.1 Å². The highest BCUT2D eigenvalue weighted by Gasteiger charge is 2.18. The largest absolute Gasteiger partial charge is 0.372 e. The SMILES string of the molecule is Cc1ccc(N(C)C(=O)c2ccc3c(c2)COC3)nn1. The number of hydrogen-bond donors (Lipinski definition) is 0. The standard InChI is InChI=1S/C15H15N3O2/c1-10-3-6-14(17-16-10)18(2)15(19)11-4-5-12-8-20-9-13(12)7-11/h3-7H,8-9H2,1-2H3. The number of hydrogen-bond acceptors (Lipinski definition) is 4. The fourth-order valence-electron chi connectivity index (χ4n) is 2.17. The molecule has 0 saturated carbocycles. The third-order valence-electron chi connectivity index (χ3n) is 3.40. The molecule has 0 N–H and O–H groups in total. The predicted molar refractivity (Wildman–Crippen MR) is 74.4 cm³/mol. The number of anilines is 1. The van der Waals surface area contributed by atoms with Crippen molar-refractivity contribution in [1.29, 1.82) is 0 Å². The number of benzene rings is 1. The second-order valence-corrected chi connectivity index (χ2v) is 4.87. The Morgan fingerprint density at radius 1 is 1.15 bits per heavy atom. The minimum atomic E-state index is -0.0992. The summed E-state index contributed by atoms with van der Waals surface area (Å²) >= 11 is 0. The van der Waals surface area contributed by atoms with Crippen LogP contribution in [0.25, 0.3) is 0 Å². The second kappa shape index (κ2) is 5.02. The Labute approximate surface area is 117 Å². The van der Waals surface area contributed by atoms with Crippen LogP contribution in [0.2, 0.25) is 0 Å². The smallest absolute Gasteiger partial charge is 0.259 e. The first-order valence-electron chi connectivity index (χ1n) is 6.43. The van der Waals surface area contributed by atoms with Gasteiger partial charge < -0.3 is 4.74 Å². The van der Waals surface area contributed by atoms with E-state index in [-0.39, 0.29) is 5.91 Å². The Balaban J connectivity index is 1.86. The van der Waals surface area contributed by atoms with Crippen molar-refractivity contribution in [3.8, 4) is 0 Å². The lowest BCUT2D eigenvalue weighted by Crippen LogP contribution is -2.27. The van der Waals surface area contributed by atoms with E-state index in [4.69, 9.17) is 4.74 Å². The van der Waals surface area contributed by atoms with Gasteiger partial charge in [-0.3, -0.25) is 9.69 Å². The van der Waals surface area contributed by atoms with Gasteiger partial charge in [0.25, 0.3) is 5.91 Å². The molecule has 20 heavy (non-hydrogen) atoms. The van der Waals surface area contributed by atoms with Crippen LogP contribution in [0.1, 0.15) is 27.2 Å². The van der Waals surface area contributed by atoms with Gasteiger partial charge in [0.1, 0.15) is 0 Å². The van der Waals surface area contributed by atoms with Gasteiger partial charge in [-0.15, -0.1) is 5.10 Å². The summed E-state index contributed by atoms with van der Waals surface area (Å²) in [5, 5.41) is 8.00. The lowest BCUT2D eigenvalue weighted by Gasteiger charge is -2.16. The zero-order valence-corrected chi connectivity index (χ0v) is 11.5. The van der Waals surface area contributed by atoms with Crippen LogP contribution in [0.5, 0.6) is 0 Å². The van der Waals surface area contributed by atoms with Gasteiger partial charge in [-0.05, 0) is 42.3 Å².